The number of hydroxylamine groups is 2. The molecule has 1 aliphatic rings. The maximum absolute atomic E-state index is 11.0. The molecule has 0 aromatic heterocycles. The third-order valence-corrected chi connectivity index (χ3v) is 2.12. The molecule has 14 heavy (non-hydrogen) atoms. The highest BCUT2D eigenvalue weighted by atomic mass is 16.7. The van der Waals surface area contributed by atoms with Crippen LogP contribution in [0.25, 0.3) is 0 Å². The number of carbonyl (C=O) groups is 1. The van der Waals surface area contributed by atoms with Crippen molar-refractivity contribution in [2.75, 3.05) is 13.2 Å². The molecule has 0 radical (unpaired) electrons. The Morgan fingerprint density at radius 3 is 3.00 bits per heavy atom. The van der Waals surface area contributed by atoms with Crippen LogP contribution in [-0.4, -0.2) is 29.9 Å². The van der Waals surface area contributed by atoms with Crippen LogP contribution in [0.5, 0.6) is 0 Å². The molecule has 1 saturated heterocycles. The molecule has 0 spiro atoms. The van der Waals surface area contributed by atoms with E-state index in [1.165, 1.54) is 5.06 Å². The maximum atomic E-state index is 11.0. The number of hydrogen-bond acceptors (Lipinski definition) is 4. The molecule has 0 unspecified atom stereocenters. The summed E-state index contributed by atoms with van der Waals surface area (Å²) in [5.74, 6) is 1.84. The van der Waals surface area contributed by atoms with Gasteiger partial charge in [0.15, 0.2) is 0 Å². The van der Waals surface area contributed by atoms with E-state index in [1.54, 1.807) is 5.94 Å². The Morgan fingerprint density at radius 2 is 2.36 bits per heavy atom. The molecule has 4 nitrogen and oxygen atoms in total. The van der Waals surface area contributed by atoms with Crippen LogP contribution in [0.1, 0.15) is 32.6 Å². The molecule has 0 bridgehead atoms. The third-order valence-electron chi connectivity index (χ3n) is 2.12. The van der Waals surface area contributed by atoms with Crippen molar-refractivity contribution in [3.63, 3.8) is 0 Å². The Morgan fingerprint density at radius 1 is 1.57 bits per heavy atom. The number of carbonyl (C=O) groups excluding carboxylic acids is 2. The zero-order valence-electron chi connectivity index (χ0n) is 8.41. The molecule has 0 atom stereocenters. The quantitative estimate of drug-likeness (QED) is 0.500. The van der Waals surface area contributed by atoms with Crippen LogP contribution in [0.2, 0.25) is 0 Å². The van der Waals surface area contributed by atoms with Gasteiger partial charge in [-0.15, -0.1) is 0 Å². The van der Waals surface area contributed by atoms with E-state index in [1.807, 2.05) is 0 Å². The predicted octanol–water partition coefficient (Wildman–Crippen LogP) is 1.10. The first-order valence-electron chi connectivity index (χ1n) is 4.94. The van der Waals surface area contributed by atoms with Gasteiger partial charge in [0.05, 0.1) is 19.6 Å². The van der Waals surface area contributed by atoms with Gasteiger partial charge in [0.25, 0.3) is 0 Å². The number of allylic oxidation sites excluding steroid dienone is 1. The second-order valence-electron chi connectivity index (χ2n) is 3.30. The van der Waals surface area contributed by atoms with Crippen molar-refractivity contribution in [3.8, 4) is 0 Å². The van der Waals surface area contributed by atoms with Crippen LogP contribution < -0.4 is 0 Å². The second kappa shape index (κ2) is 5.58. The lowest BCUT2D eigenvalue weighted by atomic mass is 10.1. The zero-order valence-corrected chi connectivity index (χ0v) is 8.41. The summed E-state index contributed by atoms with van der Waals surface area (Å²) >= 11 is 0. The summed E-state index contributed by atoms with van der Waals surface area (Å²) in [6.07, 6.45) is 2.62. The van der Waals surface area contributed by atoms with E-state index >= 15 is 0 Å². The Labute approximate surface area is 83.5 Å². The van der Waals surface area contributed by atoms with Gasteiger partial charge in [-0.25, -0.2) is 9.86 Å². The number of rotatable bonds is 4. The van der Waals surface area contributed by atoms with E-state index in [0.29, 0.717) is 25.3 Å². The number of hydrogen-bond donors (Lipinski definition) is 0. The number of unbranched alkanes of at least 4 members (excludes halogenated alkanes) is 1. The van der Waals surface area contributed by atoms with Crippen molar-refractivity contribution >= 4 is 11.7 Å². The molecule has 0 saturated carbocycles. The Hall–Kier alpha value is -1.12. The van der Waals surface area contributed by atoms with Gasteiger partial charge in [-0.05, 0) is 6.42 Å². The molecular weight excluding hydrogens is 182 g/mol. The average Bonchev–Trinajstić information content (AvgIpc) is 2.20. The SMILES string of the molecule is CCCCON1CCC(=O)CC1=C=O. The normalized spacial score (nSPS) is 17.1. The predicted molar refractivity (Wildman–Crippen MR) is 51.0 cm³/mol. The van der Waals surface area contributed by atoms with Crippen LogP contribution in [0.4, 0.5) is 0 Å². The monoisotopic (exact) mass is 197 g/mol. The summed E-state index contributed by atoms with van der Waals surface area (Å²) in [4.78, 5) is 26.9. The molecule has 0 amide bonds. The van der Waals surface area contributed by atoms with Gasteiger partial charge in [-0.2, -0.15) is 0 Å². The van der Waals surface area contributed by atoms with Crippen LogP contribution in [0.15, 0.2) is 5.70 Å². The molecule has 0 N–H and O–H groups in total. The Kier molecular flexibility index (Phi) is 4.36. The fourth-order valence-corrected chi connectivity index (χ4v) is 1.27. The van der Waals surface area contributed by atoms with Crippen LogP contribution >= 0.6 is 0 Å². The van der Waals surface area contributed by atoms with E-state index in [9.17, 15) is 9.59 Å². The molecule has 1 aliphatic heterocycles. The van der Waals surface area contributed by atoms with Crippen molar-refractivity contribution in [2.45, 2.75) is 32.6 Å². The number of ketones is 1. The van der Waals surface area contributed by atoms with Gasteiger partial charge in [0, 0.05) is 6.42 Å². The fraction of sp³-hybridized carbons (Fsp3) is 0.700. The average molecular weight is 197 g/mol. The van der Waals surface area contributed by atoms with E-state index in [2.05, 4.69) is 6.92 Å². The van der Waals surface area contributed by atoms with Gasteiger partial charge in [0.1, 0.15) is 17.4 Å². The smallest absolute Gasteiger partial charge is 0.148 e. The molecule has 0 aromatic rings. The molecular formula is C10H15NO3. The highest BCUT2D eigenvalue weighted by Gasteiger charge is 2.22. The fourth-order valence-electron chi connectivity index (χ4n) is 1.27. The van der Waals surface area contributed by atoms with E-state index in [-0.39, 0.29) is 12.2 Å². The largest absolute Gasteiger partial charge is 0.299 e. The molecule has 1 fully saturated rings. The van der Waals surface area contributed by atoms with Gasteiger partial charge in [-0.1, -0.05) is 13.3 Å². The van der Waals surface area contributed by atoms with Crippen molar-refractivity contribution in [1.29, 1.82) is 0 Å². The van der Waals surface area contributed by atoms with Gasteiger partial charge in [-0.3, -0.25) is 9.63 Å². The summed E-state index contributed by atoms with van der Waals surface area (Å²) in [5.41, 5.74) is 0.331. The minimum Gasteiger partial charge on any atom is -0.299 e. The van der Waals surface area contributed by atoms with Gasteiger partial charge < -0.3 is 0 Å². The zero-order chi connectivity index (χ0) is 10.4. The molecule has 4 heteroatoms. The highest BCUT2D eigenvalue weighted by Crippen LogP contribution is 2.15. The first-order valence-corrected chi connectivity index (χ1v) is 4.94. The van der Waals surface area contributed by atoms with Crippen LogP contribution in [0, 0.1) is 0 Å². The van der Waals surface area contributed by atoms with Crippen molar-refractivity contribution < 1.29 is 14.4 Å². The van der Waals surface area contributed by atoms with Gasteiger partial charge >= 0.3 is 0 Å². The lowest BCUT2D eigenvalue weighted by Crippen LogP contribution is -2.32. The van der Waals surface area contributed by atoms with E-state index < -0.39 is 0 Å². The van der Waals surface area contributed by atoms with Gasteiger partial charge in [0.2, 0.25) is 0 Å². The third kappa shape index (κ3) is 2.98. The molecule has 78 valence electrons. The number of piperidine rings is 1. The summed E-state index contributed by atoms with van der Waals surface area (Å²) in [5, 5.41) is 1.50. The van der Waals surface area contributed by atoms with E-state index in [4.69, 9.17) is 4.84 Å². The molecule has 1 heterocycles. The summed E-state index contributed by atoms with van der Waals surface area (Å²) in [7, 11) is 0. The molecule has 1 rings (SSSR count). The minimum absolute atomic E-state index is 0.0821. The van der Waals surface area contributed by atoms with Crippen LogP contribution in [0.3, 0.4) is 0 Å². The Bertz CT molecular complexity index is 256. The lowest BCUT2D eigenvalue weighted by molar-refractivity contribution is -0.150. The minimum atomic E-state index is 0.0821. The number of nitrogens with zero attached hydrogens (tertiary/aromatic N) is 1. The molecule has 0 aromatic carbocycles. The summed E-state index contributed by atoms with van der Waals surface area (Å²) < 4.78 is 0. The maximum Gasteiger partial charge on any atom is 0.148 e. The first-order chi connectivity index (χ1) is 6.77. The second-order valence-corrected chi connectivity index (χ2v) is 3.30. The highest BCUT2D eigenvalue weighted by molar-refractivity contribution is 5.84. The summed E-state index contributed by atoms with van der Waals surface area (Å²) in [6, 6.07) is 0. The Balaban J connectivity index is 2.43. The van der Waals surface area contributed by atoms with Crippen molar-refractivity contribution in [1.82, 2.24) is 5.06 Å². The van der Waals surface area contributed by atoms with Crippen LogP contribution in [-0.2, 0) is 14.4 Å². The molecule has 0 aliphatic carbocycles. The first kappa shape index (κ1) is 11.0. The van der Waals surface area contributed by atoms with Crippen molar-refractivity contribution in [2.24, 2.45) is 0 Å². The number of Topliss-reactive ketones (excluding diaryl/α,β-unsaturated/α-hetero) is 1. The lowest BCUT2D eigenvalue weighted by Gasteiger charge is -2.27. The summed E-state index contributed by atoms with van der Waals surface area (Å²) in [6.45, 7) is 3.14. The van der Waals surface area contributed by atoms with Crippen molar-refractivity contribution in [3.05, 3.63) is 5.70 Å². The standard InChI is InChI=1S/C10H15NO3/c1-2-3-6-14-11-5-4-10(13)7-9(11)8-12/h2-7H2,1H3. The topological polar surface area (TPSA) is 46.6 Å². The van der Waals surface area contributed by atoms with E-state index in [0.717, 1.165) is 12.8 Å².